The molecule has 0 radical (unpaired) electrons. The zero-order valence-electron chi connectivity index (χ0n) is 14.4. The summed E-state index contributed by atoms with van der Waals surface area (Å²) in [7, 11) is -11.0. The Kier molecular flexibility index (Phi) is 5.49. The molecular weight excluding hydrogens is 398 g/mol. The summed E-state index contributed by atoms with van der Waals surface area (Å²) in [6, 6.07) is 5.30. The van der Waals surface area contributed by atoms with Crippen LogP contribution < -0.4 is 0 Å². The number of nitrogens with zero attached hydrogens (tertiary/aromatic N) is 1. The molecule has 1 aromatic carbocycles. The quantitative estimate of drug-likeness (QED) is 0.723. The van der Waals surface area contributed by atoms with Crippen molar-refractivity contribution >= 4 is 29.7 Å². The Balaban J connectivity index is 1.93. The second kappa shape index (κ2) is 7.21. The second-order valence-corrected chi connectivity index (χ2v) is 13.3. The Hall–Kier alpha value is -0.970. The second-order valence-electron chi connectivity index (χ2n) is 6.86. The van der Waals surface area contributed by atoms with Gasteiger partial charge in [-0.25, -0.2) is 25.3 Å². The van der Waals surface area contributed by atoms with Crippen LogP contribution in [0.3, 0.4) is 0 Å². The minimum Gasteiger partial charge on any atom is -0.229 e. The van der Waals surface area contributed by atoms with Crippen LogP contribution in [0, 0.1) is 0 Å². The highest BCUT2D eigenvalue weighted by Gasteiger charge is 2.38. The van der Waals surface area contributed by atoms with Crippen molar-refractivity contribution in [1.82, 2.24) is 4.31 Å². The predicted octanol–water partition coefficient (Wildman–Crippen LogP) is 1.21. The van der Waals surface area contributed by atoms with Gasteiger partial charge in [-0.1, -0.05) is 18.9 Å². The first-order valence-corrected chi connectivity index (χ1v) is 13.5. The summed E-state index contributed by atoms with van der Waals surface area (Å²) in [5.74, 6) is -0.554. The number of hydrogen-bond acceptors (Lipinski definition) is 6. The van der Waals surface area contributed by atoms with Gasteiger partial charge in [-0.15, -0.1) is 0 Å². The van der Waals surface area contributed by atoms with Crippen LogP contribution in [0.5, 0.6) is 0 Å². The van der Waals surface area contributed by atoms with E-state index >= 15 is 0 Å². The van der Waals surface area contributed by atoms with Gasteiger partial charge in [-0.3, -0.25) is 0 Å². The van der Waals surface area contributed by atoms with Crippen molar-refractivity contribution in [2.75, 3.05) is 24.6 Å². The van der Waals surface area contributed by atoms with Crippen LogP contribution in [0.15, 0.2) is 34.1 Å². The summed E-state index contributed by atoms with van der Waals surface area (Å²) in [4.78, 5) is -0.183. The fourth-order valence-electron chi connectivity index (χ4n) is 3.44. The first-order valence-electron chi connectivity index (χ1n) is 8.67. The SMILES string of the molecule is O=S1(=O)CCC(S(=O)(=O)c2cccc(S(=O)(=O)N3CCCCCC3)c2)C1. The lowest BCUT2D eigenvalue weighted by Crippen LogP contribution is -2.32. The van der Waals surface area contributed by atoms with Gasteiger partial charge in [0.2, 0.25) is 10.0 Å². The van der Waals surface area contributed by atoms with Crippen LogP contribution >= 0.6 is 0 Å². The van der Waals surface area contributed by atoms with Crippen LogP contribution in [0.1, 0.15) is 32.1 Å². The first-order chi connectivity index (χ1) is 12.1. The number of sulfonamides is 1. The summed E-state index contributed by atoms with van der Waals surface area (Å²) in [5, 5.41) is -1.01. The molecule has 0 saturated carbocycles. The third-order valence-corrected chi connectivity index (χ3v) is 11.0. The van der Waals surface area contributed by atoms with Crippen LogP contribution in [0.25, 0.3) is 0 Å². The van der Waals surface area contributed by atoms with E-state index in [1.807, 2.05) is 0 Å². The third kappa shape index (κ3) is 3.97. The lowest BCUT2D eigenvalue weighted by Gasteiger charge is -2.20. The Morgan fingerprint density at radius 3 is 2.12 bits per heavy atom. The average molecular weight is 422 g/mol. The minimum atomic E-state index is -3.89. The normalized spacial score (nSPS) is 25.0. The number of benzene rings is 1. The van der Waals surface area contributed by atoms with Gasteiger partial charge in [0, 0.05) is 13.1 Å². The van der Waals surface area contributed by atoms with Crippen molar-refractivity contribution < 1.29 is 25.3 Å². The van der Waals surface area contributed by atoms with E-state index in [1.165, 1.54) is 28.6 Å². The molecule has 1 atom stereocenters. The van der Waals surface area contributed by atoms with Crippen LogP contribution in [0.4, 0.5) is 0 Å². The summed E-state index contributed by atoms with van der Waals surface area (Å²) in [6.07, 6.45) is 3.59. The van der Waals surface area contributed by atoms with Crippen molar-refractivity contribution in [2.45, 2.75) is 47.1 Å². The molecule has 0 spiro atoms. The van der Waals surface area contributed by atoms with Gasteiger partial charge in [0.05, 0.1) is 26.5 Å². The highest BCUT2D eigenvalue weighted by atomic mass is 32.2. The van der Waals surface area contributed by atoms with E-state index in [1.54, 1.807) is 0 Å². The molecule has 7 nitrogen and oxygen atoms in total. The lowest BCUT2D eigenvalue weighted by molar-refractivity contribution is 0.423. The molecule has 1 aromatic rings. The molecule has 0 bridgehead atoms. The highest BCUT2D eigenvalue weighted by Crippen LogP contribution is 2.28. The van der Waals surface area contributed by atoms with E-state index in [9.17, 15) is 25.3 Å². The molecule has 2 fully saturated rings. The predicted molar refractivity (Wildman–Crippen MR) is 97.9 cm³/mol. The van der Waals surface area contributed by atoms with Crippen LogP contribution in [-0.4, -0.2) is 59.4 Å². The molecule has 0 aromatic heterocycles. The van der Waals surface area contributed by atoms with Gasteiger partial charge in [-0.2, -0.15) is 4.31 Å². The van der Waals surface area contributed by atoms with Gasteiger partial charge >= 0.3 is 0 Å². The molecule has 2 saturated heterocycles. The van der Waals surface area contributed by atoms with Gasteiger partial charge in [0.15, 0.2) is 19.7 Å². The topological polar surface area (TPSA) is 106 Å². The number of hydrogen-bond donors (Lipinski definition) is 0. The Morgan fingerprint density at radius 1 is 0.923 bits per heavy atom. The summed E-state index contributed by atoms with van der Waals surface area (Å²) in [5.41, 5.74) is 0. The fourth-order valence-corrected chi connectivity index (χ4v) is 9.48. The summed E-state index contributed by atoms with van der Waals surface area (Å²) < 4.78 is 75.9. The first kappa shape index (κ1) is 19.8. The van der Waals surface area contributed by atoms with E-state index in [4.69, 9.17) is 0 Å². The van der Waals surface area contributed by atoms with Crippen molar-refractivity contribution in [3.05, 3.63) is 24.3 Å². The molecule has 10 heteroatoms. The van der Waals surface area contributed by atoms with E-state index in [-0.39, 0.29) is 22.0 Å². The van der Waals surface area contributed by atoms with E-state index < -0.39 is 40.7 Å². The molecule has 0 N–H and O–H groups in total. The smallest absolute Gasteiger partial charge is 0.229 e. The van der Waals surface area contributed by atoms with E-state index in [0.29, 0.717) is 13.1 Å². The standard InChI is InChI=1S/C16H23NO6S3/c18-24(19)11-8-16(13-24)25(20,21)14-6-5-7-15(12-14)26(22,23)17-9-3-1-2-4-10-17/h5-7,12,16H,1-4,8-11,13H2. The van der Waals surface area contributed by atoms with Crippen molar-refractivity contribution in [1.29, 1.82) is 0 Å². The zero-order chi connectivity index (χ0) is 19.0. The molecule has 2 aliphatic heterocycles. The zero-order valence-corrected chi connectivity index (χ0v) is 16.8. The van der Waals surface area contributed by atoms with Gasteiger partial charge in [0.1, 0.15) is 0 Å². The van der Waals surface area contributed by atoms with Crippen LogP contribution in [-0.2, 0) is 29.7 Å². The summed E-state index contributed by atoms with van der Waals surface area (Å²) >= 11 is 0. The maximum atomic E-state index is 12.9. The summed E-state index contributed by atoms with van der Waals surface area (Å²) in [6.45, 7) is 0.861. The highest BCUT2D eigenvalue weighted by molar-refractivity contribution is 7.96. The lowest BCUT2D eigenvalue weighted by atomic mass is 10.2. The van der Waals surface area contributed by atoms with Crippen molar-refractivity contribution in [3.8, 4) is 0 Å². The van der Waals surface area contributed by atoms with Crippen molar-refractivity contribution in [2.24, 2.45) is 0 Å². The molecule has 26 heavy (non-hydrogen) atoms. The van der Waals surface area contributed by atoms with Crippen molar-refractivity contribution in [3.63, 3.8) is 0 Å². The Labute approximate surface area is 155 Å². The molecule has 2 heterocycles. The number of sulfone groups is 2. The molecule has 0 aliphatic carbocycles. The van der Waals surface area contributed by atoms with E-state index in [2.05, 4.69) is 0 Å². The third-order valence-electron chi connectivity index (χ3n) is 4.97. The molecule has 3 rings (SSSR count). The molecule has 0 amide bonds. The fraction of sp³-hybridized carbons (Fsp3) is 0.625. The molecule has 146 valence electrons. The van der Waals surface area contributed by atoms with Crippen LogP contribution in [0.2, 0.25) is 0 Å². The van der Waals surface area contributed by atoms with Gasteiger partial charge in [0.25, 0.3) is 0 Å². The molecule has 2 aliphatic rings. The monoisotopic (exact) mass is 421 g/mol. The Bertz CT molecular complexity index is 975. The average Bonchev–Trinajstić information content (AvgIpc) is 2.80. The number of rotatable bonds is 4. The van der Waals surface area contributed by atoms with Gasteiger partial charge < -0.3 is 0 Å². The van der Waals surface area contributed by atoms with Gasteiger partial charge in [-0.05, 0) is 37.5 Å². The maximum absolute atomic E-state index is 12.9. The molecule has 1 unspecified atom stereocenters. The molecular formula is C16H23NO6S3. The van der Waals surface area contributed by atoms with E-state index in [0.717, 1.165) is 25.7 Å². The largest absolute Gasteiger partial charge is 0.243 e. The maximum Gasteiger partial charge on any atom is 0.243 e. The minimum absolute atomic E-state index is 0.0494. The Morgan fingerprint density at radius 2 is 1.54 bits per heavy atom.